The Morgan fingerprint density at radius 2 is 1.44 bits per heavy atom. The van der Waals surface area contributed by atoms with E-state index in [1.165, 1.54) is 10.5 Å². The van der Waals surface area contributed by atoms with Crippen molar-refractivity contribution in [3.63, 3.8) is 0 Å². The number of carbonyl (C=O) groups is 2. The SMILES string of the molecule is CC(C)c1ccc(N2C(=O)C(c3ccccc3)=C(N3CCCC3)C2=O)cc1. The average Bonchev–Trinajstić information content (AvgIpc) is 3.29. The van der Waals surface area contributed by atoms with Gasteiger partial charge in [-0.3, -0.25) is 9.59 Å². The van der Waals surface area contributed by atoms with Gasteiger partial charge in [0.1, 0.15) is 5.70 Å². The van der Waals surface area contributed by atoms with Crippen LogP contribution >= 0.6 is 0 Å². The Labute approximate surface area is 160 Å². The van der Waals surface area contributed by atoms with Crippen LogP contribution in [0.2, 0.25) is 0 Å². The lowest BCUT2D eigenvalue weighted by Gasteiger charge is -2.20. The van der Waals surface area contributed by atoms with Gasteiger partial charge in [-0.05, 0) is 42.0 Å². The van der Waals surface area contributed by atoms with Gasteiger partial charge in [-0.2, -0.15) is 0 Å². The maximum Gasteiger partial charge on any atom is 0.282 e. The first-order chi connectivity index (χ1) is 13.1. The molecule has 0 saturated carbocycles. The van der Waals surface area contributed by atoms with Crippen LogP contribution in [0.4, 0.5) is 5.69 Å². The fourth-order valence-electron chi connectivity index (χ4n) is 3.86. The Hall–Kier alpha value is -2.88. The maximum atomic E-state index is 13.3. The molecule has 0 N–H and O–H groups in total. The first-order valence-corrected chi connectivity index (χ1v) is 9.61. The number of amides is 2. The van der Waals surface area contributed by atoms with Crippen LogP contribution in [0.15, 0.2) is 60.3 Å². The Morgan fingerprint density at radius 3 is 2.04 bits per heavy atom. The van der Waals surface area contributed by atoms with Gasteiger partial charge in [0.05, 0.1) is 11.3 Å². The quantitative estimate of drug-likeness (QED) is 0.768. The van der Waals surface area contributed by atoms with Crippen LogP contribution in [0.3, 0.4) is 0 Å². The van der Waals surface area contributed by atoms with Crippen molar-refractivity contribution >= 4 is 23.1 Å². The normalized spacial score (nSPS) is 17.6. The fraction of sp³-hybridized carbons (Fsp3) is 0.304. The van der Waals surface area contributed by atoms with Crippen molar-refractivity contribution in [2.24, 2.45) is 0 Å². The number of anilines is 1. The largest absolute Gasteiger partial charge is 0.366 e. The zero-order valence-electron chi connectivity index (χ0n) is 15.8. The van der Waals surface area contributed by atoms with E-state index in [0.29, 0.717) is 22.9 Å². The van der Waals surface area contributed by atoms with E-state index in [1.54, 1.807) is 0 Å². The number of carbonyl (C=O) groups excluding carboxylic acids is 2. The van der Waals surface area contributed by atoms with Crippen LogP contribution in [-0.2, 0) is 9.59 Å². The van der Waals surface area contributed by atoms with E-state index >= 15 is 0 Å². The molecular weight excluding hydrogens is 336 g/mol. The minimum absolute atomic E-state index is 0.210. The Morgan fingerprint density at radius 1 is 0.815 bits per heavy atom. The van der Waals surface area contributed by atoms with E-state index in [2.05, 4.69) is 18.7 Å². The Bertz CT molecular complexity index is 892. The lowest BCUT2D eigenvalue weighted by atomic mass is 10.0. The average molecular weight is 360 g/mol. The third-order valence-corrected chi connectivity index (χ3v) is 5.36. The van der Waals surface area contributed by atoms with Crippen LogP contribution < -0.4 is 4.90 Å². The van der Waals surface area contributed by atoms with E-state index in [-0.39, 0.29) is 11.8 Å². The number of hydrogen-bond acceptors (Lipinski definition) is 3. The molecule has 0 atom stereocenters. The highest BCUT2D eigenvalue weighted by Crippen LogP contribution is 2.36. The zero-order chi connectivity index (χ0) is 19.0. The molecule has 138 valence electrons. The summed E-state index contributed by atoms with van der Waals surface area (Å²) in [5.41, 5.74) is 3.71. The standard InChI is InChI=1S/C23H24N2O2/c1-16(2)17-10-12-19(13-11-17)25-22(26)20(18-8-4-3-5-9-18)21(23(25)27)24-14-6-7-15-24/h3-5,8-13,16H,6-7,14-15H2,1-2H3. The molecule has 2 aromatic carbocycles. The molecule has 4 rings (SSSR count). The van der Waals surface area contributed by atoms with E-state index in [4.69, 9.17) is 0 Å². The van der Waals surface area contributed by atoms with Crippen molar-refractivity contribution < 1.29 is 9.59 Å². The molecule has 4 nitrogen and oxygen atoms in total. The summed E-state index contributed by atoms with van der Waals surface area (Å²) in [6.45, 7) is 5.90. The van der Waals surface area contributed by atoms with Gasteiger partial charge in [0, 0.05) is 13.1 Å². The predicted molar refractivity (Wildman–Crippen MR) is 107 cm³/mol. The lowest BCUT2D eigenvalue weighted by Crippen LogP contribution is -2.34. The molecule has 0 radical (unpaired) electrons. The van der Waals surface area contributed by atoms with Gasteiger partial charge in [-0.1, -0.05) is 56.3 Å². The summed E-state index contributed by atoms with van der Waals surface area (Å²) in [5, 5.41) is 0. The lowest BCUT2D eigenvalue weighted by molar-refractivity contribution is -0.120. The second-order valence-electron chi connectivity index (χ2n) is 7.48. The molecule has 1 saturated heterocycles. The molecule has 2 aliphatic heterocycles. The summed E-state index contributed by atoms with van der Waals surface area (Å²) in [5.74, 6) is -0.0364. The molecule has 2 aromatic rings. The van der Waals surface area contributed by atoms with Crippen molar-refractivity contribution in [1.82, 2.24) is 4.90 Å². The smallest absolute Gasteiger partial charge is 0.282 e. The second-order valence-corrected chi connectivity index (χ2v) is 7.48. The van der Waals surface area contributed by atoms with E-state index in [9.17, 15) is 9.59 Å². The molecule has 4 heteroatoms. The number of hydrogen-bond donors (Lipinski definition) is 0. The molecule has 2 amide bonds. The van der Waals surface area contributed by atoms with Crippen molar-refractivity contribution in [3.05, 3.63) is 71.4 Å². The summed E-state index contributed by atoms with van der Waals surface area (Å²) in [6, 6.07) is 17.3. The van der Waals surface area contributed by atoms with Crippen LogP contribution in [0.1, 0.15) is 43.7 Å². The van der Waals surface area contributed by atoms with Gasteiger partial charge in [0.15, 0.2) is 0 Å². The molecule has 1 fully saturated rings. The van der Waals surface area contributed by atoms with Crippen molar-refractivity contribution in [3.8, 4) is 0 Å². The summed E-state index contributed by atoms with van der Waals surface area (Å²) in [7, 11) is 0. The molecule has 0 aliphatic carbocycles. The monoisotopic (exact) mass is 360 g/mol. The minimum Gasteiger partial charge on any atom is -0.366 e. The Kier molecular flexibility index (Phi) is 4.56. The zero-order valence-corrected chi connectivity index (χ0v) is 15.8. The first-order valence-electron chi connectivity index (χ1n) is 9.61. The van der Waals surface area contributed by atoms with E-state index in [0.717, 1.165) is 31.5 Å². The number of imide groups is 1. The molecule has 2 aliphatic rings. The number of rotatable bonds is 4. The molecule has 0 bridgehead atoms. The number of benzene rings is 2. The van der Waals surface area contributed by atoms with Crippen LogP contribution in [0.5, 0.6) is 0 Å². The van der Waals surface area contributed by atoms with Gasteiger partial charge in [0.2, 0.25) is 0 Å². The van der Waals surface area contributed by atoms with Gasteiger partial charge in [0.25, 0.3) is 11.8 Å². The molecule has 0 unspecified atom stereocenters. The van der Waals surface area contributed by atoms with Crippen LogP contribution in [-0.4, -0.2) is 29.8 Å². The van der Waals surface area contributed by atoms with Crippen LogP contribution in [0.25, 0.3) is 5.57 Å². The summed E-state index contributed by atoms with van der Waals surface area (Å²) in [4.78, 5) is 30.0. The molecule has 0 aromatic heterocycles. The van der Waals surface area contributed by atoms with Crippen molar-refractivity contribution in [1.29, 1.82) is 0 Å². The predicted octanol–water partition coefficient (Wildman–Crippen LogP) is 4.19. The highest BCUT2D eigenvalue weighted by atomic mass is 16.2. The molecular formula is C23H24N2O2. The third-order valence-electron chi connectivity index (χ3n) is 5.36. The van der Waals surface area contributed by atoms with Crippen LogP contribution in [0, 0.1) is 0 Å². The van der Waals surface area contributed by atoms with Crippen molar-refractivity contribution in [2.75, 3.05) is 18.0 Å². The van der Waals surface area contributed by atoms with Gasteiger partial charge in [-0.15, -0.1) is 0 Å². The number of nitrogens with zero attached hydrogens (tertiary/aromatic N) is 2. The maximum absolute atomic E-state index is 13.3. The molecule has 27 heavy (non-hydrogen) atoms. The minimum atomic E-state index is -0.231. The fourth-order valence-corrected chi connectivity index (χ4v) is 3.86. The number of likely N-dealkylation sites (tertiary alicyclic amines) is 1. The summed E-state index contributed by atoms with van der Waals surface area (Å²) in [6.07, 6.45) is 2.10. The van der Waals surface area contributed by atoms with Crippen molar-refractivity contribution in [2.45, 2.75) is 32.6 Å². The third kappa shape index (κ3) is 3.05. The van der Waals surface area contributed by atoms with Gasteiger partial charge in [-0.25, -0.2) is 4.90 Å². The second kappa shape index (κ2) is 7.03. The highest BCUT2D eigenvalue weighted by Gasteiger charge is 2.42. The van der Waals surface area contributed by atoms with E-state index in [1.807, 2.05) is 54.6 Å². The summed E-state index contributed by atoms with van der Waals surface area (Å²) >= 11 is 0. The molecule has 2 heterocycles. The van der Waals surface area contributed by atoms with Gasteiger partial charge < -0.3 is 4.90 Å². The highest BCUT2D eigenvalue weighted by molar-refractivity contribution is 6.45. The summed E-state index contributed by atoms with van der Waals surface area (Å²) < 4.78 is 0. The van der Waals surface area contributed by atoms with E-state index < -0.39 is 0 Å². The Balaban J connectivity index is 1.77. The topological polar surface area (TPSA) is 40.6 Å². The molecule has 0 spiro atoms. The first kappa shape index (κ1) is 17.5. The van der Waals surface area contributed by atoms with Gasteiger partial charge >= 0.3 is 0 Å².